The molecule has 0 spiro atoms. The van der Waals surface area contributed by atoms with Crippen LogP contribution >= 0.6 is 22.6 Å². The predicted octanol–water partition coefficient (Wildman–Crippen LogP) is 5.19. The SMILES string of the molecule is CCC1C[C@]1(I)/C=C1/C=Cc2cc3c(cc21)CCC3. The van der Waals surface area contributed by atoms with Gasteiger partial charge < -0.3 is 0 Å². The van der Waals surface area contributed by atoms with Crippen molar-refractivity contribution in [3.05, 3.63) is 46.5 Å². The van der Waals surface area contributed by atoms with Crippen molar-refractivity contribution in [3.8, 4) is 0 Å². The lowest BCUT2D eigenvalue weighted by atomic mass is 9.98. The Kier molecular flexibility index (Phi) is 2.70. The van der Waals surface area contributed by atoms with Crippen LogP contribution in [0, 0.1) is 5.92 Å². The third-order valence-electron chi connectivity index (χ3n) is 4.98. The fourth-order valence-corrected chi connectivity index (χ4v) is 4.97. The van der Waals surface area contributed by atoms with Crippen molar-refractivity contribution in [1.29, 1.82) is 0 Å². The summed E-state index contributed by atoms with van der Waals surface area (Å²) in [5.74, 6) is 0.896. The summed E-state index contributed by atoms with van der Waals surface area (Å²) in [6.07, 6.45) is 13.7. The molecule has 4 rings (SSSR count). The minimum absolute atomic E-state index is 0.437. The van der Waals surface area contributed by atoms with Crippen molar-refractivity contribution in [2.24, 2.45) is 5.92 Å². The Morgan fingerprint density at radius 2 is 2.05 bits per heavy atom. The summed E-state index contributed by atoms with van der Waals surface area (Å²) >= 11 is 2.66. The smallest absolute Gasteiger partial charge is 0.0441 e. The molecular formula is C18H19I. The van der Waals surface area contributed by atoms with Gasteiger partial charge in [-0.3, -0.25) is 0 Å². The topological polar surface area (TPSA) is 0 Å². The molecule has 1 fully saturated rings. The van der Waals surface area contributed by atoms with Gasteiger partial charge in [-0.25, -0.2) is 0 Å². The molecule has 1 aromatic carbocycles. The average Bonchev–Trinajstić information content (AvgIpc) is 2.78. The first-order valence-electron chi connectivity index (χ1n) is 7.45. The van der Waals surface area contributed by atoms with Crippen LogP contribution in [0.4, 0.5) is 0 Å². The van der Waals surface area contributed by atoms with Gasteiger partial charge >= 0.3 is 0 Å². The molecule has 0 radical (unpaired) electrons. The summed E-state index contributed by atoms with van der Waals surface area (Å²) < 4.78 is 0.437. The van der Waals surface area contributed by atoms with Gasteiger partial charge in [0.15, 0.2) is 0 Å². The molecule has 3 aliphatic rings. The zero-order valence-corrected chi connectivity index (χ0v) is 13.5. The summed E-state index contributed by atoms with van der Waals surface area (Å²) in [7, 11) is 0. The van der Waals surface area contributed by atoms with Gasteiger partial charge in [0.05, 0.1) is 0 Å². The Morgan fingerprint density at radius 1 is 1.26 bits per heavy atom. The van der Waals surface area contributed by atoms with Crippen molar-refractivity contribution in [1.82, 2.24) is 0 Å². The van der Waals surface area contributed by atoms with Gasteiger partial charge in [-0.1, -0.05) is 66.3 Å². The van der Waals surface area contributed by atoms with E-state index >= 15 is 0 Å². The molecular weight excluding hydrogens is 343 g/mol. The lowest BCUT2D eigenvalue weighted by molar-refractivity contribution is 0.782. The van der Waals surface area contributed by atoms with E-state index in [0.29, 0.717) is 3.42 Å². The van der Waals surface area contributed by atoms with Crippen LogP contribution < -0.4 is 0 Å². The van der Waals surface area contributed by atoms with Crippen LogP contribution in [0.1, 0.15) is 48.4 Å². The van der Waals surface area contributed by atoms with Gasteiger partial charge in [-0.15, -0.1) is 0 Å². The molecule has 19 heavy (non-hydrogen) atoms. The lowest BCUT2D eigenvalue weighted by Crippen LogP contribution is -1.97. The standard InChI is InChI=1S/C18H19I/c1-2-16-11-18(16,19)10-15-7-6-14-8-12-4-3-5-13(12)9-17(14)15/h6-10,16H,2-5,11H2,1H3/b15-10-/t16?,18-/m1/s1. The Morgan fingerprint density at radius 3 is 2.79 bits per heavy atom. The van der Waals surface area contributed by atoms with E-state index in [0.717, 1.165) is 5.92 Å². The van der Waals surface area contributed by atoms with Gasteiger partial charge in [0, 0.05) is 3.42 Å². The summed E-state index contributed by atoms with van der Waals surface area (Å²) in [5, 5.41) is 0. The van der Waals surface area contributed by atoms with Crippen LogP contribution in [-0.4, -0.2) is 3.42 Å². The molecule has 1 unspecified atom stereocenters. The van der Waals surface area contributed by atoms with Crippen LogP contribution in [0.25, 0.3) is 11.6 Å². The Balaban J connectivity index is 1.73. The predicted molar refractivity (Wildman–Crippen MR) is 90.6 cm³/mol. The first-order valence-corrected chi connectivity index (χ1v) is 8.53. The molecule has 3 aliphatic carbocycles. The highest BCUT2D eigenvalue weighted by Gasteiger charge is 2.49. The monoisotopic (exact) mass is 362 g/mol. The fourth-order valence-electron chi connectivity index (χ4n) is 3.66. The van der Waals surface area contributed by atoms with E-state index < -0.39 is 0 Å². The maximum absolute atomic E-state index is 2.66. The molecule has 98 valence electrons. The van der Waals surface area contributed by atoms with Crippen LogP contribution in [0.15, 0.2) is 24.3 Å². The molecule has 0 N–H and O–H groups in total. The number of alkyl halides is 1. The average molecular weight is 362 g/mol. The third-order valence-corrected chi connectivity index (χ3v) is 6.62. The van der Waals surface area contributed by atoms with Crippen molar-refractivity contribution in [2.45, 2.75) is 42.4 Å². The minimum atomic E-state index is 0.437. The highest BCUT2D eigenvalue weighted by molar-refractivity contribution is 14.1. The van der Waals surface area contributed by atoms with E-state index in [1.165, 1.54) is 48.8 Å². The van der Waals surface area contributed by atoms with Gasteiger partial charge in [-0.2, -0.15) is 0 Å². The largest absolute Gasteiger partial charge is 0.0740 e. The Labute approximate surface area is 129 Å². The molecule has 0 saturated heterocycles. The molecule has 0 amide bonds. The van der Waals surface area contributed by atoms with Crippen LogP contribution in [0.3, 0.4) is 0 Å². The maximum atomic E-state index is 2.66. The van der Waals surface area contributed by atoms with E-state index in [1.807, 2.05) is 0 Å². The Bertz CT molecular complexity index is 608. The van der Waals surface area contributed by atoms with Gasteiger partial charge in [0.25, 0.3) is 0 Å². The van der Waals surface area contributed by atoms with Crippen molar-refractivity contribution < 1.29 is 0 Å². The van der Waals surface area contributed by atoms with Crippen molar-refractivity contribution in [2.75, 3.05) is 0 Å². The fraction of sp³-hybridized carbons (Fsp3) is 0.444. The number of aryl methyl sites for hydroxylation is 2. The number of halogens is 1. The Hall–Kier alpha value is -0.570. The van der Waals surface area contributed by atoms with Gasteiger partial charge in [-0.05, 0) is 59.4 Å². The summed E-state index contributed by atoms with van der Waals surface area (Å²) in [6.45, 7) is 2.31. The molecule has 1 saturated carbocycles. The van der Waals surface area contributed by atoms with Crippen LogP contribution in [0.2, 0.25) is 0 Å². The first-order chi connectivity index (χ1) is 9.19. The number of hydrogen-bond donors (Lipinski definition) is 0. The summed E-state index contributed by atoms with van der Waals surface area (Å²) in [5.41, 5.74) is 7.58. The molecule has 2 atom stereocenters. The summed E-state index contributed by atoms with van der Waals surface area (Å²) in [6, 6.07) is 4.89. The van der Waals surface area contributed by atoms with Gasteiger partial charge in [0.2, 0.25) is 0 Å². The molecule has 0 heterocycles. The summed E-state index contributed by atoms with van der Waals surface area (Å²) in [4.78, 5) is 0. The van der Waals surface area contributed by atoms with E-state index in [2.05, 4.69) is 59.9 Å². The van der Waals surface area contributed by atoms with Crippen LogP contribution in [-0.2, 0) is 12.8 Å². The normalized spacial score (nSPS) is 32.7. The van der Waals surface area contributed by atoms with E-state index in [4.69, 9.17) is 0 Å². The minimum Gasteiger partial charge on any atom is -0.0740 e. The zero-order valence-electron chi connectivity index (χ0n) is 11.4. The number of fused-ring (bicyclic) bond motifs is 2. The highest BCUT2D eigenvalue weighted by atomic mass is 127. The number of rotatable bonds is 2. The second kappa shape index (κ2) is 4.21. The first kappa shape index (κ1) is 12.2. The molecule has 0 aromatic heterocycles. The molecule has 0 bridgehead atoms. The molecule has 0 aliphatic heterocycles. The third kappa shape index (κ3) is 1.93. The lowest BCUT2D eigenvalue weighted by Gasteiger charge is -2.08. The van der Waals surface area contributed by atoms with E-state index in [-0.39, 0.29) is 0 Å². The van der Waals surface area contributed by atoms with Gasteiger partial charge in [0.1, 0.15) is 0 Å². The number of hydrogen-bond acceptors (Lipinski definition) is 0. The van der Waals surface area contributed by atoms with E-state index in [9.17, 15) is 0 Å². The zero-order chi connectivity index (χ0) is 13.0. The quantitative estimate of drug-likeness (QED) is 0.502. The number of allylic oxidation sites excluding steroid dienone is 3. The molecule has 1 heteroatoms. The van der Waals surface area contributed by atoms with Crippen LogP contribution in [0.5, 0.6) is 0 Å². The van der Waals surface area contributed by atoms with Crippen molar-refractivity contribution >= 4 is 34.2 Å². The second-order valence-corrected chi connectivity index (χ2v) is 8.24. The highest BCUT2D eigenvalue weighted by Crippen LogP contribution is 2.56. The molecule has 0 nitrogen and oxygen atoms in total. The molecule has 1 aromatic rings. The maximum Gasteiger partial charge on any atom is 0.0441 e. The number of benzene rings is 1. The second-order valence-electron chi connectivity index (χ2n) is 6.23. The van der Waals surface area contributed by atoms with E-state index in [1.54, 1.807) is 11.1 Å². The van der Waals surface area contributed by atoms with Crippen molar-refractivity contribution in [3.63, 3.8) is 0 Å².